The number of carbonyl (C=O) groups is 3. The van der Waals surface area contributed by atoms with Gasteiger partial charge in [-0.05, 0) is 12.1 Å². The lowest BCUT2D eigenvalue weighted by Crippen LogP contribution is -3.05. The van der Waals surface area contributed by atoms with E-state index in [1.165, 1.54) is 31.4 Å². The van der Waals surface area contributed by atoms with Crippen molar-refractivity contribution in [2.24, 2.45) is 10.9 Å². The van der Waals surface area contributed by atoms with Crippen LogP contribution in [0.1, 0.15) is 6.42 Å². The highest BCUT2D eigenvalue weighted by molar-refractivity contribution is 6.33. The van der Waals surface area contributed by atoms with Gasteiger partial charge in [-0.3, -0.25) is 19.9 Å². The third kappa shape index (κ3) is 4.82. The fraction of sp³-hybridized carbons (Fsp3) is 0.444. The molecule has 0 aromatic heterocycles. The SMILES string of the molecule is COc1ccc(OC)c(N2C(=O)NC(=O)C(C=NCCC[NH+](C)C)C2=O)c1. The Bertz CT molecular complexity index is 747. The maximum atomic E-state index is 12.8. The molecular weight excluding hydrogens is 352 g/mol. The van der Waals surface area contributed by atoms with Gasteiger partial charge in [-0.15, -0.1) is 0 Å². The molecule has 146 valence electrons. The molecule has 1 aromatic carbocycles. The molecular formula is C18H25N4O5+. The van der Waals surface area contributed by atoms with Gasteiger partial charge < -0.3 is 14.4 Å². The minimum Gasteiger partial charge on any atom is -0.497 e. The lowest BCUT2D eigenvalue weighted by atomic mass is 10.1. The van der Waals surface area contributed by atoms with Gasteiger partial charge in [0.15, 0.2) is 5.92 Å². The Balaban J connectivity index is 2.25. The molecule has 2 N–H and O–H groups in total. The first-order valence-corrected chi connectivity index (χ1v) is 8.58. The van der Waals surface area contributed by atoms with Crippen LogP contribution < -0.4 is 24.6 Å². The van der Waals surface area contributed by atoms with E-state index in [0.29, 0.717) is 18.0 Å². The van der Waals surface area contributed by atoms with Gasteiger partial charge in [-0.2, -0.15) is 0 Å². The maximum Gasteiger partial charge on any atom is 0.335 e. The van der Waals surface area contributed by atoms with Crippen LogP contribution in [0.15, 0.2) is 23.2 Å². The van der Waals surface area contributed by atoms with Crippen molar-refractivity contribution in [2.75, 3.05) is 46.3 Å². The van der Waals surface area contributed by atoms with Gasteiger partial charge >= 0.3 is 6.03 Å². The van der Waals surface area contributed by atoms with Crippen LogP contribution in [0.3, 0.4) is 0 Å². The first-order chi connectivity index (χ1) is 12.9. The van der Waals surface area contributed by atoms with Crippen LogP contribution in [0.2, 0.25) is 0 Å². The fourth-order valence-electron chi connectivity index (χ4n) is 2.63. The highest BCUT2D eigenvalue weighted by Gasteiger charge is 2.41. The van der Waals surface area contributed by atoms with Crippen molar-refractivity contribution < 1.29 is 28.8 Å². The lowest BCUT2D eigenvalue weighted by Gasteiger charge is -2.29. The summed E-state index contributed by atoms with van der Waals surface area (Å²) in [6, 6.07) is 3.89. The summed E-state index contributed by atoms with van der Waals surface area (Å²) in [7, 11) is 6.96. The second-order valence-corrected chi connectivity index (χ2v) is 6.35. The van der Waals surface area contributed by atoms with Gasteiger partial charge in [-0.1, -0.05) is 0 Å². The standard InChI is InChI=1S/C18H24N4O5/c1-21(2)9-5-8-19-11-13-16(23)20-18(25)22(17(13)24)14-10-12(26-3)6-7-15(14)27-4/h6-7,10-11,13H,5,8-9H2,1-4H3,(H,20,23,25)/p+1. The molecule has 4 amide bonds. The zero-order chi connectivity index (χ0) is 20.0. The summed E-state index contributed by atoms with van der Waals surface area (Å²) in [5, 5.41) is 2.19. The topological polar surface area (TPSA) is 102 Å². The molecule has 0 spiro atoms. The Kier molecular flexibility index (Phi) is 6.89. The highest BCUT2D eigenvalue weighted by Crippen LogP contribution is 2.34. The Morgan fingerprint density at radius 2 is 1.96 bits per heavy atom. The Labute approximate surface area is 157 Å². The van der Waals surface area contributed by atoms with Crippen molar-refractivity contribution in [1.29, 1.82) is 0 Å². The molecule has 1 aliphatic rings. The van der Waals surface area contributed by atoms with E-state index < -0.39 is 23.8 Å². The summed E-state index contributed by atoms with van der Waals surface area (Å²) in [6.07, 6.45) is 2.13. The molecule has 1 aromatic rings. The molecule has 1 atom stereocenters. The van der Waals surface area contributed by atoms with Crippen LogP contribution in [0, 0.1) is 5.92 Å². The van der Waals surface area contributed by atoms with Gasteiger partial charge in [0.2, 0.25) is 5.91 Å². The molecule has 1 heterocycles. The molecule has 1 fully saturated rings. The van der Waals surface area contributed by atoms with Gasteiger partial charge in [0.25, 0.3) is 5.91 Å². The van der Waals surface area contributed by atoms with Crippen molar-refractivity contribution in [3.05, 3.63) is 18.2 Å². The second-order valence-electron chi connectivity index (χ2n) is 6.35. The largest absolute Gasteiger partial charge is 0.497 e. The van der Waals surface area contributed by atoms with Crippen LogP contribution in [-0.2, 0) is 9.59 Å². The molecule has 0 bridgehead atoms. The molecule has 0 aliphatic carbocycles. The molecule has 2 rings (SSSR count). The number of rotatable bonds is 8. The molecule has 9 nitrogen and oxygen atoms in total. The number of hydrogen-bond donors (Lipinski definition) is 2. The summed E-state index contributed by atoms with van der Waals surface area (Å²) < 4.78 is 10.4. The summed E-state index contributed by atoms with van der Waals surface area (Å²) in [6.45, 7) is 1.42. The predicted molar refractivity (Wildman–Crippen MR) is 99.7 cm³/mol. The number of nitrogens with one attached hydrogen (secondary N) is 2. The summed E-state index contributed by atoms with van der Waals surface area (Å²) >= 11 is 0. The number of barbiturate groups is 1. The Morgan fingerprint density at radius 1 is 1.22 bits per heavy atom. The lowest BCUT2D eigenvalue weighted by molar-refractivity contribution is -0.858. The fourth-order valence-corrected chi connectivity index (χ4v) is 2.63. The number of nitrogens with zero attached hydrogens (tertiary/aromatic N) is 2. The Morgan fingerprint density at radius 3 is 2.59 bits per heavy atom. The molecule has 1 unspecified atom stereocenters. The van der Waals surface area contributed by atoms with E-state index in [4.69, 9.17) is 9.47 Å². The first kappa shape index (κ1) is 20.4. The van der Waals surface area contributed by atoms with Crippen molar-refractivity contribution in [3.63, 3.8) is 0 Å². The number of urea groups is 1. The van der Waals surface area contributed by atoms with Crippen molar-refractivity contribution in [3.8, 4) is 11.5 Å². The average Bonchev–Trinajstić information content (AvgIpc) is 2.63. The molecule has 27 heavy (non-hydrogen) atoms. The Hall–Kier alpha value is -2.94. The van der Waals surface area contributed by atoms with E-state index in [0.717, 1.165) is 17.9 Å². The van der Waals surface area contributed by atoms with Crippen molar-refractivity contribution in [1.82, 2.24) is 5.32 Å². The quantitative estimate of drug-likeness (QED) is 0.362. The normalized spacial score (nSPS) is 17.6. The number of carbonyl (C=O) groups excluding carboxylic acids is 3. The van der Waals surface area contributed by atoms with Crippen LogP contribution in [0.25, 0.3) is 0 Å². The number of aliphatic imine (C=N–C) groups is 1. The highest BCUT2D eigenvalue weighted by atomic mass is 16.5. The van der Waals surface area contributed by atoms with E-state index in [-0.39, 0.29) is 5.69 Å². The van der Waals surface area contributed by atoms with Gasteiger partial charge in [0, 0.05) is 25.2 Å². The number of methoxy groups -OCH3 is 2. The number of imide groups is 2. The number of benzene rings is 1. The van der Waals surface area contributed by atoms with E-state index in [2.05, 4.69) is 10.3 Å². The van der Waals surface area contributed by atoms with Gasteiger partial charge in [0.05, 0.1) is 40.5 Å². The van der Waals surface area contributed by atoms with E-state index >= 15 is 0 Å². The first-order valence-electron chi connectivity index (χ1n) is 8.58. The van der Waals surface area contributed by atoms with Crippen LogP contribution in [-0.4, -0.2) is 65.5 Å². The number of amides is 4. The minimum atomic E-state index is -1.18. The minimum absolute atomic E-state index is 0.196. The van der Waals surface area contributed by atoms with E-state index in [1.807, 2.05) is 14.1 Å². The van der Waals surface area contributed by atoms with E-state index in [9.17, 15) is 14.4 Å². The molecule has 1 aliphatic heterocycles. The smallest absolute Gasteiger partial charge is 0.335 e. The number of quaternary nitrogens is 1. The predicted octanol–water partition coefficient (Wildman–Crippen LogP) is -0.492. The average molecular weight is 377 g/mol. The third-order valence-corrected chi connectivity index (χ3v) is 4.05. The van der Waals surface area contributed by atoms with Crippen LogP contribution >= 0.6 is 0 Å². The van der Waals surface area contributed by atoms with Crippen molar-refractivity contribution >= 4 is 29.7 Å². The molecule has 0 radical (unpaired) electrons. The third-order valence-electron chi connectivity index (χ3n) is 4.05. The van der Waals surface area contributed by atoms with Crippen LogP contribution in [0.5, 0.6) is 11.5 Å². The molecule has 0 saturated carbocycles. The summed E-state index contributed by atoms with van der Waals surface area (Å²) in [5.41, 5.74) is 0.196. The van der Waals surface area contributed by atoms with Gasteiger partial charge in [-0.25, -0.2) is 9.69 Å². The van der Waals surface area contributed by atoms with Gasteiger partial charge in [0.1, 0.15) is 11.5 Å². The monoisotopic (exact) mass is 377 g/mol. The molecule has 9 heteroatoms. The second kappa shape index (κ2) is 9.13. The molecule has 1 saturated heterocycles. The number of hydrogen-bond acceptors (Lipinski definition) is 6. The number of anilines is 1. The zero-order valence-corrected chi connectivity index (χ0v) is 15.9. The summed E-state index contributed by atoms with van der Waals surface area (Å²) in [5.74, 6) is -1.80. The van der Waals surface area contributed by atoms with E-state index in [1.54, 1.807) is 12.1 Å². The summed E-state index contributed by atoms with van der Waals surface area (Å²) in [4.78, 5) is 43.6. The van der Waals surface area contributed by atoms with Crippen LogP contribution in [0.4, 0.5) is 10.5 Å². The zero-order valence-electron chi connectivity index (χ0n) is 15.9. The number of ether oxygens (including phenoxy) is 2. The maximum absolute atomic E-state index is 12.8. The van der Waals surface area contributed by atoms with Crippen molar-refractivity contribution in [2.45, 2.75) is 6.42 Å².